The number of nitrogens with zero attached hydrogens (tertiary/aromatic N) is 1. The lowest BCUT2D eigenvalue weighted by molar-refractivity contribution is 0.102. The Bertz CT molecular complexity index is 1180. The van der Waals surface area contributed by atoms with Crippen molar-refractivity contribution in [3.8, 4) is 22.8 Å². The Balaban J connectivity index is 1.66. The van der Waals surface area contributed by atoms with Gasteiger partial charge in [-0.05, 0) is 43.7 Å². The van der Waals surface area contributed by atoms with Gasteiger partial charge in [0.1, 0.15) is 5.82 Å². The lowest BCUT2D eigenvalue weighted by Crippen LogP contribution is -2.14. The van der Waals surface area contributed by atoms with E-state index in [9.17, 15) is 9.18 Å². The number of hydrogen-bond donors (Lipinski definition) is 1. The first-order valence-electron chi connectivity index (χ1n) is 9.21. The Kier molecular flexibility index (Phi) is 4.96. The average molecular weight is 386 g/mol. The molecule has 144 valence electrons. The van der Waals surface area contributed by atoms with Crippen molar-refractivity contribution in [3.05, 3.63) is 95.4 Å². The summed E-state index contributed by atoms with van der Waals surface area (Å²) < 4.78 is 20.0. The maximum absolute atomic E-state index is 14.0. The van der Waals surface area contributed by atoms with Crippen LogP contribution < -0.4 is 5.32 Å². The minimum absolute atomic E-state index is 0.137. The van der Waals surface area contributed by atoms with Crippen molar-refractivity contribution in [1.29, 1.82) is 0 Å². The van der Waals surface area contributed by atoms with Crippen LogP contribution in [0, 0.1) is 19.7 Å². The smallest absolute Gasteiger partial charge is 0.256 e. The van der Waals surface area contributed by atoms with Gasteiger partial charge in [0.05, 0.1) is 17.4 Å². The van der Waals surface area contributed by atoms with Gasteiger partial charge in [-0.15, -0.1) is 0 Å². The summed E-state index contributed by atoms with van der Waals surface area (Å²) in [5.41, 5.74) is 3.93. The quantitative estimate of drug-likeness (QED) is 0.467. The number of amides is 1. The number of aromatic nitrogens is 1. The van der Waals surface area contributed by atoms with Crippen LogP contribution in [0.15, 0.2) is 77.3 Å². The van der Waals surface area contributed by atoms with Crippen molar-refractivity contribution in [3.63, 3.8) is 0 Å². The van der Waals surface area contributed by atoms with Crippen molar-refractivity contribution in [1.82, 2.24) is 4.98 Å². The number of oxazole rings is 1. The summed E-state index contributed by atoms with van der Waals surface area (Å²) in [6.45, 7) is 3.85. The fraction of sp³-hybridized carbons (Fsp3) is 0.0833. The number of rotatable bonds is 4. The third-order valence-corrected chi connectivity index (χ3v) is 4.61. The van der Waals surface area contributed by atoms with Crippen LogP contribution in [-0.4, -0.2) is 10.9 Å². The third-order valence-electron chi connectivity index (χ3n) is 4.61. The van der Waals surface area contributed by atoms with E-state index < -0.39 is 11.7 Å². The molecular formula is C24H19FN2O2. The molecule has 29 heavy (non-hydrogen) atoms. The minimum Gasteiger partial charge on any atom is -0.436 e. The van der Waals surface area contributed by atoms with Crippen LogP contribution in [0.2, 0.25) is 0 Å². The standard InChI is InChI=1S/C24H19FN2O2/c1-15-7-10-17(11-8-15)22-14-26-24(29-22)19-6-4-3-5-18(19)23(28)27-21-13-16(2)9-12-20(21)25/h3-14H,1-2H3,(H,27,28). The summed E-state index contributed by atoms with van der Waals surface area (Å²) in [5, 5.41) is 2.64. The maximum atomic E-state index is 14.0. The van der Waals surface area contributed by atoms with Crippen molar-refractivity contribution in [2.75, 3.05) is 5.32 Å². The predicted octanol–water partition coefficient (Wildman–Crippen LogP) is 6.02. The number of nitrogens with one attached hydrogen (secondary N) is 1. The highest BCUT2D eigenvalue weighted by molar-refractivity contribution is 6.08. The van der Waals surface area contributed by atoms with Crippen LogP contribution in [-0.2, 0) is 0 Å². The highest BCUT2D eigenvalue weighted by Gasteiger charge is 2.18. The van der Waals surface area contributed by atoms with Gasteiger partial charge in [-0.3, -0.25) is 4.79 Å². The van der Waals surface area contributed by atoms with Gasteiger partial charge < -0.3 is 9.73 Å². The summed E-state index contributed by atoms with van der Waals surface area (Å²) in [7, 11) is 0. The van der Waals surface area contributed by atoms with Gasteiger partial charge in [0.25, 0.3) is 5.91 Å². The van der Waals surface area contributed by atoms with Gasteiger partial charge in [0.15, 0.2) is 5.76 Å². The molecule has 0 saturated carbocycles. The number of halogens is 1. The Morgan fingerprint density at radius 3 is 2.48 bits per heavy atom. The highest BCUT2D eigenvalue weighted by Crippen LogP contribution is 2.29. The zero-order chi connectivity index (χ0) is 20.4. The molecule has 3 aromatic carbocycles. The lowest BCUT2D eigenvalue weighted by atomic mass is 10.1. The summed E-state index contributed by atoms with van der Waals surface area (Å²) >= 11 is 0. The molecule has 4 aromatic rings. The number of hydrogen-bond acceptors (Lipinski definition) is 3. The molecular weight excluding hydrogens is 367 g/mol. The maximum Gasteiger partial charge on any atom is 0.256 e. The van der Waals surface area contributed by atoms with E-state index in [-0.39, 0.29) is 5.69 Å². The van der Waals surface area contributed by atoms with Gasteiger partial charge in [-0.2, -0.15) is 0 Å². The fourth-order valence-corrected chi connectivity index (χ4v) is 3.04. The van der Waals surface area contributed by atoms with E-state index in [0.29, 0.717) is 22.8 Å². The largest absolute Gasteiger partial charge is 0.436 e. The SMILES string of the molecule is Cc1ccc(-c2cnc(-c3ccccc3C(=O)Nc3cc(C)ccc3F)o2)cc1. The first-order chi connectivity index (χ1) is 14.0. The number of carbonyl (C=O) groups excluding carboxylic acids is 1. The number of benzene rings is 3. The van der Waals surface area contributed by atoms with Crippen molar-refractivity contribution in [2.24, 2.45) is 0 Å². The number of carbonyl (C=O) groups is 1. The third kappa shape index (κ3) is 3.94. The van der Waals surface area contributed by atoms with E-state index in [4.69, 9.17) is 4.42 Å². The first kappa shape index (κ1) is 18.6. The molecule has 0 aliphatic carbocycles. The monoisotopic (exact) mass is 386 g/mol. The molecule has 0 unspecified atom stereocenters. The topological polar surface area (TPSA) is 55.1 Å². The Morgan fingerprint density at radius 1 is 0.966 bits per heavy atom. The van der Waals surface area contributed by atoms with Gasteiger partial charge in [-0.1, -0.05) is 48.0 Å². The summed E-state index contributed by atoms with van der Waals surface area (Å²) in [4.78, 5) is 17.2. The molecule has 0 aliphatic rings. The average Bonchev–Trinajstić information content (AvgIpc) is 3.21. The van der Waals surface area contributed by atoms with Gasteiger partial charge in [0, 0.05) is 11.1 Å². The minimum atomic E-state index is -0.487. The fourth-order valence-electron chi connectivity index (χ4n) is 3.04. The van der Waals surface area contributed by atoms with Crippen LogP contribution >= 0.6 is 0 Å². The molecule has 4 rings (SSSR count). The molecule has 1 heterocycles. The normalized spacial score (nSPS) is 10.7. The second-order valence-electron chi connectivity index (χ2n) is 6.88. The molecule has 0 atom stereocenters. The van der Waals surface area contributed by atoms with Crippen molar-refractivity contribution < 1.29 is 13.6 Å². The Morgan fingerprint density at radius 2 is 1.69 bits per heavy atom. The zero-order valence-corrected chi connectivity index (χ0v) is 16.1. The summed E-state index contributed by atoms with van der Waals surface area (Å²) in [5.74, 6) is 0.0235. The van der Waals surface area contributed by atoms with E-state index in [2.05, 4.69) is 10.3 Å². The lowest BCUT2D eigenvalue weighted by Gasteiger charge is -2.09. The van der Waals surface area contributed by atoms with Gasteiger partial charge >= 0.3 is 0 Å². The number of anilines is 1. The van der Waals surface area contributed by atoms with E-state index in [1.807, 2.05) is 38.1 Å². The predicted molar refractivity (Wildman–Crippen MR) is 111 cm³/mol. The molecule has 1 N–H and O–H groups in total. The van der Waals surface area contributed by atoms with Crippen LogP contribution in [0.3, 0.4) is 0 Å². The van der Waals surface area contributed by atoms with Gasteiger partial charge in [-0.25, -0.2) is 9.37 Å². The molecule has 0 fully saturated rings. The Hall–Kier alpha value is -3.73. The first-order valence-corrected chi connectivity index (χ1v) is 9.21. The van der Waals surface area contributed by atoms with Crippen LogP contribution in [0.1, 0.15) is 21.5 Å². The second-order valence-corrected chi connectivity index (χ2v) is 6.88. The van der Waals surface area contributed by atoms with Gasteiger partial charge in [0.2, 0.25) is 5.89 Å². The van der Waals surface area contributed by atoms with Crippen molar-refractivity contribution >= 4 is 11.6 Å². The Labute approximate surface area is 168 Å². The highest BCUT2D eigenvalue weighted by atomic mass is 19.1. The van der Waals surface area contributed by atoms with E-state index in [1.54, 1.807) is 42.6 Å². The summed E-state index contributed by atoms with van der Waals surface area (Å²) in [6.07, 6.45) is 1.63. The molecule has 0 radical (unpaired) electrons. The van der Waals surface area contributed by atoms with E-state index >= 15 is 0 Å². The molecule has 0 aliphatic heterocycles. The van der Waals surface area contributed by atoms with E-state index in [1.165, 1.54) is 6.07 Å². The molecule has 1 aromatic heterocycles. The summed E-state index contributed by atoms with van der Waals surface area (Å²) in [6, 6.07) is 19.4. The molecule has 4 nitrogen and oxygen atoms in total. The molecule has 5 heteroatoms. The number of aryl methyl sites for hydroxylation is 2. The molecule has 1 amide bonds. The molecule has 0 bridgehead atoms. The molecule has 0 saturated heterocycles. The van der Waals surface area contributed by atoms with Crippen LogP contribution in [0.4, 0.5) is 10.1 Å². The molecule has 0 spiro atoms. The van der Waals surface area contributed by atoms with Crippen molar-refractivity contribution in [2.45, 2.75) is 13.8 Å². The van der Waals surface area contributed by atoms with E-state index in [0.717, 1.165) is 16.7 Å². The van der Waals surface area contributed by atoms with Crippen LogP contribution in [0.25, 0.3) is 22.8 Å². The second kappa shape index (κ2) is 7.72. The zero-order valence-electron chi connectivity index (χ0n) is 16.1. The van der Waals surface area contributed by atoms with Crippen LogP contribution in [0.5, 0.6) is 0 Å².